The standard InChI is InChI=1S/C11H19N3O.ClH/c1-9-5-6-10(14(9)3)11(15)13-8-4-7-12-2;/h5-6,12H,4,7-8H2,1-3H3,(H,13,15);1H. The number of nitrogens with zero attached hydrogens (tertiary/aromatic N) is 1. The van der Waals surface area contributed by atoms with E-state index in [0.717, 1.165) is 24.4 Å². The Bertz CT molecular complexity index is 336. The van der Waals surface area contributed by atoms with Crippen LogP contribution in [0.5, 0.6) is 0 Å². The van der Waals surface area contributed by atoms with Gasteiger partial charge in [0.15, 0.2) is 0 Å². The lowest BCUT2D eigenvalue weighted by Gasteiger charge is -2.06. The molecule has 0 bridgehead atoms. The number of amides is 1. The van der Waals surface area contributed by atoms with Gasteiger partial charge in [-0.2, -0.15) is 0 Å². The van der Waals surface area contributed by atoms with E-state index in [1.165, 1.54) is 0 Å². The first kappa shape index (κ1) is 15.0. The van der Waals surface area contributed by atoms with Gasteiger partial charge in [-0.15, -0.1) is 12.4 Å². The largest absolute Gasteiger partial charge is 0.351 e. The number of rotatable bonds is 5. The van der Waals surface area contributed by atoms with Crippen molar-refractivity contribution in [3.63, 3.8) is 0 Å². The number of halogens is 1. The summed E-state index contributed by atoms with van der Waals surface area (Å²) >= 11 is 0. The van der Waals surface area contributed by atoms with E-state index < -0.39 is 0 Å². The average Bonchev–Trinajstić information content (AvgIpc) is 2.55. The monoisotopic (exact) mass is 245 g/mol. The lowest BCUT2D eigenvalue weighted by Crippen LogP contribution is -2.28. The van der Waals surface area contributed by atoms with Gasteiger partial charge in [-0.3, -0.25) is 4.79 Å². The van der Waals surface area contributed by atoms with Crippen molar-refractivity contribution < 1.29 is 4.79 Å². The first-order valence-corrected chi connectivity index (χ1v) is 5.22. The van der Waals surface area contributed by atoms with Gasteiger partial charge in [-0.05, 0) is 39.1 Å². The van der Waals surface area contributed by atoms with Gasteiger partial charge in [-0.25, -0.2) is 0 Å². The molecule has 92 valence electrons. The van der Waals surface area contributed by atoms with Crippen LogP contribution in [0.2, 0.25) is 0 Å². The van der Waals surface area contributed by atoms with Crippen LogP contribution in [0.15, 0.2) is 12.1 Å². The number of aryl methyl sites for hydroxylation is 1. The van der Waals surface area contributed by atoms with Gasteiger partial charge in [0.2, 0.25) is 0 Å². The highest BCUT2D eigenvalue weighted by Crippen LogP contribution is 2.05. The fourth-order valence-electron chi connectivity index (χ4n) is 1.40. The van der Waals surface area contributed by atoms with E-state index in [1.807, 2.05) is 37.7 Å². The average molecular weight is 246 g/mol. The van der Waals surface area contributed by atoms with Crippen molar-refractivity contribution in [2.45, 2.75) is 13.3 Å². The molecule has 0 radical (unpaired) electrons. The van der Waals surface area contributed by atoms with E-state index in [4.69, 9.17) is 0 Å². The van der Waals surface area contributed by atoms with Crippen molar-refractivity contribution in [1.29, 1.82) is 0 Å². The molecule has 16 heavy (non-hydrogen) atoms. The number of aromatic nitrogens is 1. The number of hydrogen-bond donors (Lipinski definition) is 2. The maximum Gasteiger partial charge on any atom is 0.267 e. The normalized spacial score (nSPS) is 9.69. The van der Waals surface area contributed by atoms with Crippen LogP contribution < -0.4 is 10.6 Å². The molecule has 1 aromatic rings. The van der Waals surface area contributed by atoms with Crippen molar-refractivity contribution in [2.24, 2.45) is 7.05 Å². The summed E-state index contributed by atoms with van der Waals surface area (Å²) in [5.74, 6) is 0.00158. The summed E-state index contributed by atoms with van der Waals surface area (Å²) in [6.45, 7) is 3.62. The number of carbonyl (C=O) groups excluding carboxylic acids is 1. The lowest BCUT2D eigenvalue weighted by atomic mass is 10.3. The Kier molecular flexibility index (Phi) is 6.85. The third-order valence-corrected chi connectivity index (χ3v) is 2.49. The van der Waals surface area contributed by atoms with Gasteiger partial charge >= 0.3 is 0 Å². The van der Waals surface area contributed by atoms with Gasteiger partial charge in [0.05, 0.1) is 0 Å². The SMILES string of the molecule is CNCCCNC(=O)c1ccc(C)n1C.Cl. The quantitative estimate of drug-likeness (QED) is 0.763. The smallest absolute Gasteiger partial charge is 0.267 e. The second kappa shape index (κ2) is 7.30. The number of carbonyl (C=O) groups is 1. The van der Waals surface area contributed by atoms with Gasteiger partial charge in [-0.1, -0.05) is 0 Å². The molecule has 0 spiro atoms. The van der Waals surface area contributed by atoms with Gasteiger partial charge in [0.1, 0.15) is 5.69 Å². The van der Waals surface area contributed by atoms with Crippen molar-refractivity contribution in [1.82, 2.24) is 15.2 Å². The zero-order chi connectivity index (χ0) is 11.3. The zero-order valence-corrected chi connectivity index (χ0v) is 10.9. The van der Waals surface area contributed by atoms with Crippen LogP contribution in [0.25, 0.3) is 0 Å². The summed E-state index contributed by atoms with van der Waals surface area (Å²) in [6.07, 6.45) is 0.950. The minimum absolute atomic E-state index is 0. The molecule has 0 atom stereocenters. The molecule has 1 heterocycles. The lowest BCUT2D eigenvalue weighted by molar-refractivity contribution is 0.0945. The maximum absolute atomic E-state index is 11.7. The Hall–Kier alpha value is -1.00. The Morgan fingerprint density at radius 2 is 2.06 bits per heavy atom. The first-order valence-electron chi connectivity index (χ1n) is 5.22. The Balaban J connectivity index is 0.00000225. The second-order valence-electron chi connectivity index (χ2n) is 3.63. The molecule has 0 aliphatic rings. The predicted molar refractivity (Wildman–Crippen MR) is 68.3 cm³/mol. The molecule has 0 unspecified atom stereocenters. The molecule has 0 fully saturated rings. The summed E-state index contributed by atoms with van der Waals surface area (Å²) in [7, 11) is 3.81. The van der Waals surface area contributed by atoms with E-state index in [2.05, 4.69) is 10.6 Å². The molecule has 0 aliphatic heterocycles. The van der Waals surface area contributed by atoms with Gasteiger partial charge < -0.3 is 15.2 Å². The molecule has 1 rings (SSSR count). The minimum Gasteiger partial charge on any atom is -0.351 e. The molecule has 1 amide bonds. The molecular formula is C11H20ClN3O. The molecule has 2 N–H and O–H groups in total. The highest BCUT2D eigenvalue weighted by molar-refractivity contribution is 5.92. The molecular weight excluding hydrogens is 226 g/mol. The van der Waals surface area contributed by atoms with Crippen LogP contribution >= 0.6 is 12.4 Å². The Morgan fingerprint density at radius 3 is 2.56 bits per heavy atom. The fourth-order valence-corrected chi connectivity index (χ4v) is 1.40. The van der Waals surface area contributed by atoms with Crippen LogP contribution in [-0.2, 0) is 7.05 Å². The van der Waals surface area contributed by atoms with Crippen LogP contribution in [0.4, 0.5) is 0 Å². The van der Waals surface area contributed by atoms with Crippen LogP contribution in [0, 0.1) is 6.92 Å². The van der Waals surface area contributed by atoms with E-state index in [9.17, 15) is 4.79 Å². The molecule has 4 nitrogen and oxygen atoms in total. The van der Waals surface area contributed by atoms with Crippen LogP contribution in [0.1, 0.15) is 22.6 Å². The predicted octanol–water partition coefficient (Wildman–Crippen LogP) is 1.09. The minimum atomic E-state index is 0. The van der Waals surface area contributed by atoms with E-state index in [1.54, 1.807) is 0 Å². The molecule has 5 heteroatoms. The summed E-state index contributed by atoms with van der Waals surface area (Å²) in [5, 5.41) is 5.93. The highest BCUT2D eigenvalue weighted by Gasteiger charge is 2.09. The third-order valence-electron chi connectivity index (χ3n) is 2.49. The van der Waals surface area contributed by atoms with Gasteiger partial charge in [0.25, 0.3) is 5.91 Å². The fraction of sp³-hybridized carbons (Fsp3) is 0.545. The first-order chi connectivity index (χ1) is 7.16. The van der Waals surface area contributed by atoms with E-state index >= 15 is 0 Å². The molecule has 0 saturated carbocycles. The molecule has 0 aromatic carbocycles. The third kappa shape index (κ3) is 3.87. The highest BCUT2D eigenvalue weighted by atomic mass is 35.5. The molecule has 1 aromatic heterocycles. The Labute approximate surface area is 103 Å². The molecule has 0 aliphatic carbocycles. The van der Waals surface area contributed by atoms with Crippen molar-refractivity contribution in [3.8, 4) is 0 Å². The van der Waals surface area contributed by atoms with Crippen molar-refractivity contribution in [3.05, 3.63) is 23.5 Å². The summed E-state index contributed by atoms with van der Waals surface area (Å²) in [6, 6.07) is 3.80. The van der Waals surface area contributed by atoms with Crippen molar-refractivity contribution in [2.75, 3.05) is 20.1 Å². The number of hydrogen-bond acceptors (Lipinski definition) is 2. The van der Waals surface area contributed by atoms with E-state index in [0.29, 0.717) is 6.54 Å². The Morgan fingerprint density at radius 1 is 1.38 bits per heavy atom. The summed E-state index contributed by atoms with van der Waals surface area (Å²) < 4.78 is 1.90. The number of nitrogens with one attached hydrogen (secondary N) is 2. The van der Waals surface area contributed by atoms with Crippen LogP contribution in [0.3, 0.4) is 0 Å². The van der Waals surface area contributed by atoms with Gasteiger partial charge in [0, 0.05) is 19.3 Å². The van der Waals surface area contributed by atoms with E-state index in [-0.39, 0.29) is 18.3 Å². The van der Waals surface area contributed by atoms with Crippen molar-refractivity contribution >= 4 is 18.3 Å². The zero-order valence-electron chi connectivity index (χ0n) is 10.0. The topological polar surface area (TPSA) is 46.1 Å². The maximum atomic E-state index is 11.7. The summed E-state index contributed by atoms with van der Waals surface area (Å²) in [5.41, 5.74) is 1.81. The van der Waals surface area contributed by atoms with Crippen LogP contribution in [-0.4, -0.2) is 30.6 Å². The summed E-state index contributed by atoms with van der Waals surface area (Å²) in [4.78, 5) is 11.7. The molecule has 0 saturated heterocycles. The second-order valence-corrected chi connectivity index (χ2v) is 3.63.